The largest absolute Gasteiger partial charge is 0.338 e. The molecule has 1 heterocycles. The van der Waals surface area contributed by atoms with Gasteiger partial charge in [-0.25, -0.2) is 0 Å². The summed E-state index contributed by atoms with van der Waals surface area (Å²) in [6.07, 6.45) is 5.29. The molecule has 110 valence electrons. The topological polar surface area (TPSA) is 49.6 Å². The lowest BCUT2D eigenvalue weighted by atomic mass is 9.79. The summed E-state index contributed by atoms with van der Waals surface area (Å²) in [5.41, 5.74) is 6.09. The Morgan fingerprint density at radius 3 is 2.68 bits per heavy atom. The van der Waals surface area contributed by atoms with Crippen LogP contribution in [0.25, 0.3) is 0 Å². The standard InChI is InChI=1S/C15H29N3O/c1-11-7-12(9-13(16)8-11)15(19)18-6-4-5-14(18)10-17(2)3/h11-14H,4-10,16H2,1-3H3. The number of carbonyl (C=O) groups excluding carboxylic acids is 1. The van der Waals surface area contributed by atoms with E-state index in [-0.39, 0.29) is 12.0 Å². The second-order valence-electron chi connectivity index (χ2n) is 6.86. The quantitative estimate of drug-likeness (QED) is 0.838. The van der Waals surface area contributed by atoms with Crippen LogP contribution in [0, 0.1) is 11.8 Å². The third-order valence-electron chi connectivity index (χ3n) is 4.56. The highest BCUT2D eigenvalue weighted by Crippen LogP contribution is 2.31. The van der Waals surface area contributed by atoms with Gasteiger partial charge in [0, 0.05) is 31.1 Å². The van der Waals surface area contributed by atoms with E-state index in [1.165, 1.54) is 0 Å². The van der Waals surface area contributed by atoms with Crippen molar-refractivity contribution in [3.63, 3.8) is 0 Å². The highest BCUT2D eigenvalue weighted by molar-refractivity contribution is 5.79. The van der Waals surface area contributed by atoms with E-state index in [0.29, 0.717) is 17.9 Å². The van der Waals surface area contributed by atoms with Crippen LogP contribution < -0.4 is 5.73 Å². The van der Waals surface area contributed by atoms with Gasteiger partial charge < -0.3 is 15.5 Å². The van der Waals surface area contributed by atoms with Crippen LogP contribution in [0.2, 0.25) is 0 Å². The summed E-state index contributed by atoms with van der Waals surface area (Å²) in [6.45, 7) is 4.15. The predicted octanol–water partition coefficient (Wildman–Crippen LogP) is 1.30. The van der Waals surface area contributed by atoms with Gasteiger partial charge in [0.05, 0.1) is 0 Å². The van der Waals surface area contributed by atoms with Crippen LogP contribution in [0.15, 0.2) is 0 Å². The van der Waals surface area contributed by atoms with Crippen LogP contribution in [-0.4, -0.2) is 55.0 Å². The number of carbonyl (C=O) groups is 1. The minimum atomic E-state index is 0.168. The van der Waals surface area contributed by atoms with Crippen molar-refractivity contribution >= 4 is 5.91 Å². The van der Waals surface area contributed by atoms with Gasteiger partial charge in [0.1, 0.15) is 0 Å². The second kappa shape index (κ2) is 6.23. The Labute approximate surface area is 117 Å². The molecule has 0 aromatic heterocycles. The van der Waals surface area contributed by atoms with Gasteiger partial charge in [0.15, 0.2) is 0 Å². The Morgan fingerprint density at radius 1 is 1.32 bits per heavy atom. The van der Waals surface area contributed by atoms with E-state index in [1.54, 1.807) is 0 Å². The average Bonchev–Trinajstić information content (AvgIpc) is 2.73. The van der Waals surface area contributed by atoms with Crippen molar-refractivity contribution in [3.05, 3.63) is 0 Å². The number of amides is 1. The maximum Gasteiger partial charge on any atom is 0.226 e. The molecule has 2 rings (SSSR count). The Morgan fingerprint density at radius 2 is 2.05 bits per heavy atom. The molecule has 19 heavy (non-hydrogen) atoms. The number of hydrogen-bond acceptors (Lipinski definition) is 3. The molecule has 4 heteroatoms. The molecular weight excluding hydrogens is 238 g/mol. The zero-order chi connectivity index (χ0) is 14.0. The number of likely N-dealkylation sites (N-methyl/N-ethyl adjacent to an activating group) is 1. The molecule has 4 unspecified atom stereocenters. The first-order valence-corrected chi connectivity index (χ1v) is 7.68. The van der Waals surface area contributed by atoms with Crippen LogP contribution in [0.4, 0.5) is 0 Å². The molecule has 2 aliphatic rings. The van der Waals surface area contributed by atoms with Crippen LogP contribution in [0.1, 0.15) is 39.0 Å². The monoisotopic (exact) mass is 267 g/mol. The van der Waals surface area contributed by atoms with Gasteiger partial charge in [0.2, 0.25) is 5.91 Å². The zero-order valence-electron chi connectivity index (χ0n) is 12.6. The number of hydrogen-bond donors (Lipinski definition) is 1. The van der Waals surface area contributed by atoms with Crippen molar-refractivity contribution in [1.29, 1.82) is 0 Å². The van der Waals surface area contributed by atoms with Crippen molar-refractivity contribution in [1.82, 2.24) is 9.80 Å². The summed E-state index contributed by atoms with van der Waals surface area (Å²) in [5.74, 6) is 1.13. The van der Waals surface area contributed by atoms with Gasteiger partial charge in [0.25, 0.3) is 0 Å². The van der Waals surface area contributed by atoms with Gasteiger partial charge in [-0.15, -0.1) is 0 Å². The number of nitrogens with two attached hydrogens (primary N) is 1. The SMILES string of the molecule is CC1CC(N)CC(C(=O)N2CCCC2CN(C)C)C1. The lowest BCUT2D eigenvalue weighted by Crippen LogP contribution is -2.46. The van der Waals surface area contributed by atoms with E-state index in [2.05, 4.69) is 30.8 Å². The number of nitrogens with zero attached hydrogens (tertiary/aromatic N) is 2. The summed E-state index contributed by atoms with van der Waals surface area (Å²) in [4.78, 5) is 17.1. The molecule has 1 aliphatic carbocycles. The van der Waals surface area contributed by atoms with E-state index in [1.807, 2.05) is 0 Å². The van der Waals surface area contributed by atoms with Crippen LogP contribution in [0.3, 0.4) is 0 Å². The average molecular weight is 267 g/mol. The molecule has 0 radical (unpaired) electrons. The fourth-order valence-corrected chi connectivity index (χ4v) is 3.83. The molecule has 4 nitrogen and oxygen atoms in total. The molecule has 1 amide bonds. The van der Waals surface area contributed by atoms with Gasteiger partial charge in [-0.1, -0.05) is 6.92 Å². The molecular formula is C15H29N3O. The van der Waals surface area contributed by atoms with Gasteiger partial charge in [-0.3, -0.25) is 4.79 Å². The summed E-state index contributed by atoms with van der Waals surface area (Å²) in [6, 6.07) is 0.628. The zero-order valence-corrected chi connectivity index (χ0v) is 12.6. The summed E-state index contributed by atoms with van der Waals surface area (Å²) >= 11 is 0. The van der Waals surface area contributed by atoms with Crippen molar-refractivity contribution in [2.45, 2.75) is 51.1 Å². The lowest BCUT2D eigenvalue weighted by molar-refractivity contribution is -0.138. The maximum absolute atomic E-state index is 12.7. The summed E-state index contributed by atoms with van der Waals surface area (Å²) in [5, 5.41) is 0. The molecule has 0 bridgehead atoms. The van der Waals surface area contributed by atoms with Crippen LogP contribution in [0.5, 0.6) is 0 Å². The minimum absolute atomic E-state index is 0.168. The van der Waals surface area contributed by atoms with Crippen molar-refractivity contribution in [3.8, 4) is 0 Å². The van der Waals surface area contributed by atoms with Gasteiger partial charge >= 0.3 is 0 Å². The Kier molecular flexibility index (Phi) is 4.85. The van der Waals surface area contributed by atoms with Gasteiger partial charge in [-0.05, 0) is 52.1 Å². The molecule has 1 aliphatic heterocycles. The highest BCUT2D eigenvalue weighted by Gasteiger charge is 2.36. The molecule has 2 fully saturated rings. The molecule has 0 spiro atoms. The first-order valence-electron chi connectivity index (χ1n) is 7.68. The van der Waals surface area contributed by atoms with Crippen LogP contribution >= 0.6 is 0 Å². The summed E-state index contributed by atoms with van der Waals surface area (Å²) in [7, 11) is 4.17. The lowest BCUT2D eigenvalue weighted by Gasteiger charge is -2.35. The molecule has 4 atom stereocenters. The van der Waals surface area contributed by atoms with E-state index in [4.69, 9.17) is 5.73 Å². The van der Waals surface area contributed by atoms with E-state index >= 15 is 0 Å². The Balaban J connectivity index is 1.97. The second-order valence-corrected chi connectivity index (χ2v) is 6.86. The predicted molar refractivity (Wildman–Crippen MR) is 77.8 cm³/mol. The van der Waals surface area contributed by atoms with Crippen molar-refractivity contribution in [2.75, 3.05) is 27.2 Å². The molecule has 2 N–H and O–H groups in total. The van der Waals surface area contributed by atoms with E-state index < -0.39 is 0 Å². The fourth-order valence-electron chi connectivity index (χ4n) is 3.83. The van der Waals surface area contributed by atoms with Crippen LogP contribution in [-0.2, 0) is 4.79 Å². The molecule has 1 saturated carbocycles. The smallest absolute Gasteiger partial charge is 0.226 e. The third-order valence-corrected chi connectivity index (χ3v) is 4.56. The number of likely N-dealkylation sites (tertiary alicyclic amines) is 1. The normalized spacial score (nSPS) is 35.9. The molecule has 0 aromatic rings. The first kappa shape index (κ1) is 14.8. The Hall–Kier alpha value is -0.610. The first-order chi connectivity index (χ1) is 8.97. The minimum Gasteiger partial charge on any atom is -0.338 e. The Bertz CT molecular complexity index is 309. The summed E-state index contributed by atoms with van der Waals surface area (Å²) < 4.78 is 0. The molecule has 0 aromatic carbocycles. The van der Waals surface area contributed by atoms with E-state index in [0.717, 1.165) is 45.2 Å². The fraction of sp³-hybridized carbons (Fsp3) is 0.933. The highest BCUT2D eigenvalue weighted by atomic mass is 16.2. The maximum atomic E-state index is 12.7. The van der Waals surface area contributed by atoms with Crippen molar-refractivity contribution < 1.29 is 4.79 Å². The third kappa shape index (κ3) is 3.69. The van der Waals surface area contributed by atoms with Crippen molar-refractivity contribution in [2.24, 2.45) is 17.6 Å². The van der Waals surface area contributed by atoms with E-state index in [9.17, 15) is 4.79 Å². The van der Waals surface area contributed by atoms with Gasteiger partial charge in [-0.2, -0.15) is 0 Å². The molecule has 1 saturated heterocycles. The number of rotatable bonds is 3.